The first kappa shape index (κ1) is 17.7. The molecule has 0 aliphatic carbocycles. The van der Waals surface area contributed by atoms with Gasteiger partial charge in [-0.15, -0.1) is 0 Å². The van der Waals surface area contributed by atoms with Crippen LogP contribution in [-0.4, -0.2) is 65.0 Å². The predicted molar refractivity (Wildman–Crippen MR) is 104 cm³/mol. The van der Waals surface area contributed by atoms with Gasteiger partial charge < -0.3 is 4.74 Å². The maximum absolute atomic E-state index is 5.51. The van der Waals surface area contributed by atoms with Crippen molar-refractivity contribution in [3.63, 3.8) is 0 Å². The number of likely N-dealkylation sites (tertiary alicyclic amines) is 1. The van der Waals surface area contributed by atoms with Crippen LogP contribution in [0, 0.1) is 6.92 Å². The largest absolute Gasteiger partial charge is 0.379 e. The van der Waals surface area contributed by atoms with Gasteiger partial charge in [0, 0.05) is 44.6 Å². The fraction of sp³-hybridized carbons (Fsp3) is 0.571. The molecule has 4 rings (SSSR count). The van der Waals surface area contributed by atoms with E-state index in [2.05, 4.69) is 40.0 Å². The highest BCUT2D eigenvalue weighted by Crippen LogP contribution is 2.23. The summed E-state index contributed by atoms with van der Waals surface area (Å²) >= 11 is 0. The molecule has 0 bridgehead atoms. The van der Waals surface area contributed by atoms with Gasteiger partial charge in [0.15, 0.2) is 0 Å². The number of piperidine rings is 1. The van der Waals surface area contributed by atoms with Crippen LogP contribution in [0.2, 0.25) is 0 Å². The molecule has 2 aliphatic heterocycles. The summed E-state index contributed by atoms with van der Waals surface area (Å²) < 4.78 is 7.44. The number of rotatable bonds is 5. The molecule has 2 saturated heterocycles. The van der Waals surface area contributed by atoms with Crippen LogP contribution in [-0.2, 0) is 11.3 Å². The smallest absolute Gasteiger partial charge is 0.0648 e. The number of benzene rings is 1. The molecule has 3 heterocycles. The van der Waals surface area contributed by atoms with E-state index in [0.29, 0.717) is 6.04 Å². The molecule has 0 spiro atoms. The molecular formula is C21H30N4O. The maximum atomic E-state index is 5.51. The third-order valence-corrected chi connectivity index (χ3v) is 5.79. The fourth-order valence-electron chi connectivity index (χ4n) is 4.20. The van der Waals surface area contributed by atoms with Crippen LogP contribution >= 0.6 is 0 Å². The van der Waals surface area contributed by atoms with Crippen molar-refractivity contribution in [1.29, 1.82) is 0 Å². The lowest BCUT2D eigenvalue weighted by atomic mass is 9.99. The van der Waals surface area contributed by atoms with Crippen molar-refractivity contribution in [1.82, 2.24) is 19.6 Å². The number of nitrogens with zero attached hydrogens (tertiary/aromatic N) is 4. The van der Waals surface area contributed by atoms with Crippen molar-refractivity contribution in [3.8, 4) is 5.69 Å². The van der Waals surface area contributed by atoms with Gasteiger partial charge in [-0.05, 0) is 55.6 Å². The molecule has 140 valence electrons. The molecule has 2 aromatic rings. The Labute approximate surface area is 156 Å². The fourth-order valence-corrected chi connectivity index (χ4v) is 4.20. The first-order valence-electron chi connectivity index (χ1n) is 9.93. The van der Waals surface area contributed by atoms with Crippen molar-refractivity contribution in [3.05, 3.63) is 47.8 Å². The summed E-state index contributed by atoms with van der Waals surface area (Å²) in [6.45, 7) is 9.64. The average Bonchev–Trinajstić information content (AvgIpc) is 3.20. The molecule has 0 radical (unpaired) electrons. The summed E-state index contributed by atoms with van der Waals surface area (Å²) in [5.41, 5.74) is 3.93. The molecule has 0 amide bonds. The van der Waals surface area contributed by atoms with Crippen LogP contribution in [0.3, 0.4) is 0 Å². The van der Waals surface area contributed by atoms with Gasteiger partial charge in [0.2, 0.25) is 0 Å². The first-order valence-corrected chi connectivity index (χ1v) is 9.93. The molecule has 2 fully saturated rings. The van der Waals surface area contributed by atoms with Crippen LogP contribution in [0.5, 0.6) is 0 Å². The normalized spacial score (nSPS) is 22.6. The van der Waals surface area contributed by atoms with E-state index in [0.717, 1.165) is 38.5 Å². The quantitative estimate of drug-likeness (QED) is 0.827. The Hall–Kier alpha value is -1.69. The average molecular weight is 354 g/mol. The summed E-state index contributed by atoms with van der Waals surface area (Å²) in [4.78, 5) is 5.29. The van der Waals surface area contributed by atoms with E-state index >= 15 is 0 Å². The van der Waals surface area contributed by atoms with E-state index in [1.165, 1.54) is 43.5 Å². The Morgan fingerprint density at radius 1 is 1.15 bits per heavy atom. The van der Waals surface area contributed by atoms with Crippen molar-refractivity contribution >= 4 is 0 Å². The molecule has 1 aromatic carbocycles. The zero-order chi connectivity index (χ0) is 17.8. The Morgan fingerprint density at radius 2 is 2.04 bits per heavy atom. The zero-order valence-electron chi connectivity index (χ0n) is 15.8. The molecule has 1 atom stereocenters. The van der Waals surface area contributed by atoms with Crippen LogP contribution < -0.4 is 0 Å². The Bertz CT molecular complexity index is 694. The van der Waals surface area contributed by atoms with E-state index in [1.807, 2.05) is 23.1 Å². The number of morpholine rings is 1. The predicted octanol–water partition coefficient (Wildman–Crippen LogP) is 2.87. The lowest BCUT2D eigenvalue weighted by molar-refractivity contribution is 0.0153. The van der Waals surface area contributed by atoms with Crippen molar-refractivity contribution < 1.29 is 4.74 Å². The van der Waals surface area contributed by atoms with Crippen molar-refractivity contribution in [2.75, 3.05) is 39.4 Å². The minimum absolute atomic E-state index is 0.673. The monoisotopic (exact) mass is 354 g/mol. The number of ether oxygens (including phenoxy) is 1. The van der Waals surface area contributed by atoms with E-state index < -0.39 is 0 Å². The standard InChI is InChI=1S/C21H30N4O/c1-18-15-20(25-10-4-8-22-25)7-6-19(18)16-24-9-3-2-5-21(24)17-23-11-13-26-14-12-23/h4,6-8,10,15,21H,2-3,5,9,11-14,16-17H2,1H3. The highest BCUT2D eigenvalue weighted by molar-refractivity contribution is 5.39. The van der Waals surface area contributed by atoms with Gasteiger partial charge >= 0.3 is 0 Å². The van der Waals surface area contributed by atoms with Crippen molar-refractivity contribution in [2.45, 2.75) is 38.8 Å². The molecule has 0 saturated carbocycles. The maximum Gasteiger partial charge on any atom is 0.0648 e. The summed E-state index contributed by atoms with van der Waals surface area (Å²) in [6, 6.07) is 9.37. The molecule has 5 heteroatoms. The van der Waals surface area contributed by atoms with Gasteiger partial charge in [-0.3, -0.25) is 9.80 Å². The SMILES string of the molecule is Cc1cc(-n2cccn2)ccc1CN1CCCCC1CN1CCOCC1. The van der Waals surface area contributed by atoms with Crippen molar-refractivity contribution in [2.24, 2.45) is 0 Å². The summed E-state index contributed by atoms with van der Waals surface area (Å²) in [5.74, 6) is 0. The van der Waals surface area contributed by atoms with Gasteiger partial charge in [-0.25, -0.2) is 4.68 Å². The molecular weight excluding hydrogens is 324 g/mol. The van der Waals surface area contributed by atoms with Gasteiger partial charge in [-0.1, -0.05) is 12.5 Å². The second-order valence-corrected chi connectivity index (χ2v) is 7.59. The minimum atomic E-state index is 0.673. The van der Waals surface area contributed by atoms with Gasteiger partial charge in [0.05, 0.1) is 18.9 Å². The first-order chi connectivity index (χ1) is 12.8. The van der Waals surface area contributed by atoms with Gasteiger partial charge in [0.25, 0.3) is 0 Å². The third kappa shape index (κ3) is 4.17. The number of aromatic nitrogens is 2. The molecule has 0 N–H and O–H groups in total. The summed E-state index contributed by atoms with van der Waals surface area (Å²) in [7, 11) is 0. The number of aryl methyl sites for hydroxylation is 1. The number of hydrogen-bond donors (Lipinski definition) is 0. The molecule has 2 aliphatic rings. The van der Waals surface area contributed by atoms with Crippen LogP contribution in [0.4, 0.5) is 0 Å². The topological polar surface area (TPSA) is 33.5 Å². The third-order valence-electron chi connectivity index (χ3n) is 5.79. The zero-order valence-corrected chi connectivity index (χ0v) is 15.8. The van der Waals surface area contributed by atoms with E-state index in [1.54, 1.807) is 0 Å². The molecule has 1 aromatic heterocycles. The van der Waals surface area contributed by atoms with Crippen LogP contribution in [0.15, 0.2) is 36.7 Å². The Morgan fingerprint density at radius 3 is 2.81 bits per heavy atom. The lowest BCUT2D eigenvalue weighted by Crippen LogP contribution is -2.49. The Balaban J connectivity index is 1.44. The lowest BCUT2D eigenvalue weighted by Gasteiger charge is -2.40. The van der Waals surface area contributed by atoms with Gasteiger partial charge in [-0.2, -0.15) is 5.10 Å². The highest BCUT2D eigenvalue weighted by Gasteiger charge is 2.25. The highest BCUT2D eigenvalue weighted by atomic mass is 16.5. The van der Waals surface area contributed by atoms with E-state index in [-0.39, 0.29) is 0 Å². The molecule has 1 unspecified atom stereocenters. The van der Waals surface area contributed by atoms with Crippen LogP contribution in [0.1, 0.15) is 30.4 Å². The van der Waals surface area contributed by atoms with Gasteiger partial charge in [0.1, 0.15) is 0 Å². The summed E-state index contributed by atoms with van der Waals surface area (Å²) in [5, 5.41) is 4.34. The second-order valence-electron chi connectivity index (χ2n) is 7.59. The molecule has 26 heavy (non-hydrogen) atoms. The minimum Gasteiger partial charge on any atom is -0.379 e. The number of hydrogen-bond acceptors (Lipinski definition) is 4. The molecule has 5 nitrogen and oxygen atoms in total. The van der Waals surface area contributed by atoms with Crippen LogP contribution in [0.25, 0.3) is 5.69 Å². The summed E-state index contributed by atoms with van der Waals surface area (Å²) in [6.07, 6.45) is 7.83. The Kier molecular flexibility index (Phi) is 5.68. The van der Waals surface area contributed by atoms with E-state index in [9.17, 15) is 0 Å². The van der Waals surface area contributed by atoms with E-state index in [4.69, 9.17) is 4.74 Å². The second kappa shape index (κ2) is 8.33.